The maximum absolute atomic E-state index is 13.9. The second-order valence-electron chi connectivity index (χ2n) is 10.2. The smallest absolute Gasteiger partial charge is 0.256 e. The number of ether oxygens (including phenoxy) is 1. The van der Waals surface area contributed by atoms with E-state index in [0.29, 0.717) is 43.6 Å². The van der Waals surface area contributed by atoms with E-state index in [-0.39, 0.29) is 24.3 Å². The fourth-order valence-corrected chi connectivity index (χ4v) is 5.41. The Morgan fingerprint density at radius 3 is 2.05 bits per heavy atom. The Balaban J connectivity index is 1.37. The van der Waals surface area contributed by atoms with Crippen LogP contribution in [0.3, 0.4) is 0 Å². The fourth-order valence-electron chi connectivity index (χ4n) is 5.41. The van der Waals surface area contributed by atoms with Gasteiger partial charge in [0.05, 0.1) is 6.61 Å². The molecule has 196 valence electrons. The van der Waals surface area contributed by atoms with Crippen molar-refractivity contribution in [2.24, 2.45) is 0 Å². The normalized spacial score (nSPS) is 18.4. The first-order chi connectivity index (χ1) is 18.4. The van der Waals surface area contributed by atoms with Crippen molar-refractivity contribution in [3.8, 4) is 0 Å². The molecule has 0 aliphatic carbocycles. The monoisotopic (exact) mass is 511 g/mol. The molecule has 7 heteroatoms. The number of nitrogens with one attached hydrogen (secondary N) is 1. The molecular weight excluding hydrogens is 478 g/mol. The second-order valence-corrected chi connectivity index (χ2v) is 10.2. The minimum absolute atomic E-state index is 0.0322. The molecule has 3 amide bonds. The van der Waals surface area contributed by atoms with Gasteiger partial charge in [-0.15, -0.1) is 0 Å². The van der Waals surface area contributed by atoms with Crippen LogP contribution in [0.2, 0.25) is 0 Å². The molecule has 2 saturated heterocycles. The minimum atomic E-state index is -0.945. The molecule has 1 spiro atoms. The maximum Gasteiger partial charge on any atom is 0.256 e. The SMILES string of the molecule is Cc1cccc(C(=O)N2CCC3(CC2)OC[C@H](C(=O)NCc2ccccc2)N3C(=O)c2cccc(C)c2)c1. The Bertz CT molecular complexity index is 1330. The van der Waals surface area contributed by atoms with Crippen molar-refractivity contribution in [2.45, 2.75) is 45.0 Å². The van der Waals surface area contributed by atoms with Crippen LogP contribution in [0.15, 0.2) is 78.9 Å². The van der Waals surface area contributed by atoms with Crippen LogP contribution in [0.4, 0.5) is 0 Å². The van der Waals surface area contributed by atoms with Crippen LogP contribution in [-0.2, 0) is 16.1 Å². The van der Waals surface area contributed by atoms with Crippen molar-refractivity contribution in [2.75, 3.05) is 19.7 Å². The van der Waals surface area contributed by atoms with Gasteiger partial charge in [-0.1, -0.05) is 65.7 Å². The van der Waals surface area contributed by atoms with Crippen LogP contribution in [0.5, 0.6) is 0 Å². The summed E-state index contributed by atoms with van der Waals surface area (Å²) in [6.45, 7) is 5.25. The summed E-state index contributed by atoms with van der Waals surface area (Å²) in [4.78, 5) is 43.9. The molecular formula is C31H33N3O4. The molecule has 2 fully saturated rings. The molecule has 2 heterocycles. The van der Waals surface area contributed by atoms with E-state index >= 15 is 0 Å². The van der Waals surface area contributed by atoms with Crippen LogP contribution in [0.1, 0.15) is 50.2 Å². The quantitative estimate of drug-likeness (QED) is 0.560. The summed E-state index contributed by atoms with van der Waals surface area (Å²) in [6, 6.07) is 23.9. The Kier molecular flexibility index (Phi) is 7.29. The topological polar surface area (TPSA) is 79.0 Å². The van der Waals surface area contributed by atoms with Crippen molar-refractivity contribution in [3.63, 3.8) is 0 Å². The summed E-state index contributed by atoms with van der Waals surface area (Å²) >= 11 is 0. The third-order valence-electron chi connectivity index (χ3n) is 7.45. The first-order valence-corrected chi connectivity index (χ1v) is 13.1. The first kappa shape index (κ1) is 25.7. The molecule has 1 atom stereocenters. The van der Waals surface area contributed by atoms with Gasteiger partial charge in [0, 0.05) is 43.6 Å². The van der Waals surface area contributed by atoms with Crippen LogP contribution in [-0.4, -0.2) is 59.0 Å². The van der Waals surface area contributed by atoms with Crippen molar-refractivity contribution in [1.82, 2.24) is 15.1 Å². The molecule has 0 aromatic heterocycles. The van der Waals surface area contributed by atoms with Gasteiger partial charge in [-0.3, -0.25) is 19.3 Å². The largest absolute Gasteiger partial charge is 0.353 e. The number of carbonyl (C=O) groups is 3. The highest BCUT2D eigenvalue weighted by Crippen LogP contribution is 2.39. The maximum atomic E-state index is 13.9. The highest BCUT2D eigenvalue weighted by atomic mass is 16.5. The second kappa shape index (κ2) is 10.8. The third-order valence-corrected chi connectivity index (χ3v) is 7.45. The molecule has 0 saturated carbocycles. The van der Waals surface area contributed by atoms with E-state index in [4.69, 9.17) is 4.74 Å². The average molecular weight is 512 g/mol. The Labute approximate surface area is 223 Å². The van der Waals surface area contributed by atoms with Crippen molar-refractivity contribution in [3.05, 3.63) is 107 Å². The zero-order chi connectivity index (χ0) is 26.7. The first-order valence-electron chi connectivity index (χ1n) is 13.1. The lowest BCUT2D eigenvalue weighted by atomic mass is 9.95. The molecule has 0 unspecified atom stereocenters. The molecule has 2 aliphatic heterocycles. The average Bonchev–Trinajstić information content (AvgIpc) is 3.30. The lowest BCUT2D eigenvalue weighted by molar-refractivity contribution is -0.128. The van der Waals surface area contributed by atoms with Gasteiger partial charge in [-0.05, 0) is 43.7 Å². The highest BCUT2D eigenvalue weighted by molar-refractivity contribution is 5.99. The Hall–Kier alpha value is -3.97. The number of aryl methyl sites for hydroxylation is 2. The molecule has 0 radical (unpaired) electrons. The number of likely N-dealkylation sites (tertiary alicyclic amines) is 1. The van der Waals surface area contributed by atoms with Gasteiger partial charge in [0.15, 0.2) is 0 Å². The van der Waals surface area contributed by atoms with Gasteiger partial charge < -0.3 is 15.0 Å². The number of carbonyl (C=O) groups excluding carboxylic acids is 3. The highest BCUT2D eigenvalue weighted by Gasteiger charge is 2.54. The number of piperidine rings is 1. The number of benzene rings is 3. The summed E-state index contributed by atoms with van der Waals surface area (Å²) in [7, 11) is 0. The van der Waals surface area contributed by atoms with Gasteiger partial charge in [-0.25, -0.2) is 0 Å². The number of rotatable bonds is 5. The van der Waals surface area contributed by atoms with Crippen molar-refractivity contribution < 1.29 is 19.1 Å². The van der Waals surface area contributed by atoms with Crippen molar-refractivity contribution in [1.29, 1.82) is 0 Å². The van der Waals surface area contributed by atoms with Crippen LogP contribution >= 0.6 is 0 Å². The Morgan fingerprint density at radius 2 is 1.45 bits per heavy atom. The number of nitrogens with zero attached hydrogens (tertiary/aromatic N) is 2. The summed E-state index contributed by atoms with van der Waals surface area (Å²) in [6.07, 6.45) is 0.870. The molecule has 0 bridgehead atoms. The number of hydrogen-bond donors (Lipinski definition) is 1. The standard InChI is InChI=1S/C31H33N3O4/c1-22-8-6-12-25(18-22)29(36)33-16-14-31(15-17-33)34(30(37)26-13-7-9-23(2)19-26)27(21-38-31)28(35)32-20-24-10-4-3-5-11-24/h3-13,18-19,27H,14-17,20-21H2,1-2H3,(H,32,35)/t27-/m1/s1. The van der Waals surface area contributed by atoms with E-state index in [1.807, 2.05) is 91.5 Å². The van der Waals surface area contributed by atoms with E-state index < -0.39 is 11.8 Å². The zero-order valence-corrected chi connectivity index (χ0v) is 21.9. The minimum Gasteiger partial charge on any atom is -0.353 e. The van der Waals surface area contributed by atoms with Gasteiger partial charge in [0.25, 0.3) is 11.8 Å². The lowest BCUT2D eigenvalue weighted by Gasteiger charge is -2.44. The lowest BCUT2D eigenvalue weighted by Crippen LogP contribution is -2.59. The van der Waals surface area contributed by atoms with Crippen LogP contribution < -0.4 is 5.32 Å². The number of amides is 3. The molecule has 5 rings (SSSR count). The molecule has 2 aliphatic rings. The zero-order valence-electron chi connectivity index (χ0n) is 21.9. The summed E-state index contributed by atoms with van der Waals surface area (Å²) in [5.74, 6) is -0.509. The summed E-state index contributed by atoms with van der Waals surface area (Å²) in [5, 5.41) is 2.99. The number of hydrogen-bond acceptors (Lipinski definition) is 4. The fraction of sp³-hybridized carbons (Fsp3) is 0.323. The van der Waals surface area contributed by atoms with Gasteiger partial charge in [0.2, 0.25) is 5.91 Å². The summed E-state index contributed by atoms with van der Waals surface area (Å²) in [5.41, 5.74) is 3.21. The van der Waals surface area contributed by atoms with E-state index in [9.17, 15) is 14.4 Å². The molecule has 1 N–H and O–H groups in total. The van der Waals surface area contributed by atoms with Gasteiger partial charge in [-0.2, -0.15) is 0 Å². The van der Waals surface area contributed by atoms with E-state index in [1.165, 1.54) is 0 Å². The molecule has 7 nitrogen and oxygen atoms in total. The van der Waals surface area contributed by atoms with Gasteiger partial charge >= 0.3 is 0 Å². The van der Waals surface area contributed by atoms with E-state index in [2.05, 4.69) is 5.32 Å². The van der Waals surface area contributed by atoms with Crippen molar-refractivity contribution >= 4 is 17.7 Å². The molecule has 3 aromatic rings. The van der Waals surface area contributed by atoms with E-state index in [1.54, 1.807) is 11.0 Å². The summed E-state index contributed by atoms with van der Waals surface area (Å²) < 4.78 is 6.31. The van der Waals surface area contributed by atoms with E-state index in [0.717, 1.165) is 16.7 Å². The van der Waals surface area contributed by atoms with Crippen LogP contribution in [0, 0.1) is 13.8 Å². The van der Waals surface area contributed by atoms with Crippen LogP contribution in [0.25, 0.3) is 0 Å². The third kappa shape index (κ3) is 5.20. The molecule has 3 aromatic carbocycles. The Morgan fingerprint density at radius 1 is 0.842 bits per heavy atom. The predicted octanol–water partition coefficient (Wildman–Crippen LogP) is 4.09. The van der Waals surface area contributed by atoms with Gasteiger partial charge in [0.1, 0.15) is 11.8 Å². The predicted molar refractivity (Wildman–Crippen MR) is 144 cm³/mol. The molecule has 38 heavy (non-hydrogen) atoms.